The molecule has 18 heteroatoms. The number of aromatic nitrogens is 1. The molecule has 1 aromatic heterocycles. The van der Waals surface area contributed by atoms with Crippen molar-refractivity contribution in [1.82, 2.24) is 20.9 Å². The number of halogens is 6. The molecule has 1 fully saturated rings. The number of hydroxylamine groups is 1. The number of carbonyl (C=O) groups excluding carboxylic acids is 2. The van der Waals surface area contributed by atoms with E-state index < -0.39 is 36.2 Å². The van der Waals surface area contributed by atoms with Crippen molar-refractivity contribution < 1.29 is 65.7 Å². The number of carboxylic acid groups (broad SMARTS) is 2. The third-order valence-electron chi connectivity index (χ3n) is 6.04. The minimum atomic E-state index is -5.08. The van der Waals surface area contributed by atoms with E-state index in [1.54, 1.807) is 5.48 Å². The Labute approximate surface area is 256 Å². The fourth-order valence-corrected chi connectivity index (χ4v) is 4.03. The number of pyridine rings is 1. The number of aliphatic carboxylic acids is 2. The van der Waals surface area contributed by atoms with Crippen LogP contribution in [0.3, 0.4) is 0 Å². The summed E-state index contributed by atoms with van der Waals surface area (Å²) in [6.07, 6.45) is -8.88. The van der Waals surface area contributed by atoms with Gasteiger partial charge in [0.05, 0.1) is 11.9 Å². The van der Waals surface area contributed by atoms with Crippen LogP contribution in [-0.4, -0.2) is 74.1 Å². The lowest BCUT2D eigenvalue weighted by Gasteiger charge is -2.34. The Morgan fingerprint density at radius 1 is 0.957 bits per heavy atom. The minimum absolute atomic E-state index is 0.0640. The van der Waals surface area contributed by atoms with Crippen LogP contribution >= 0.6 is 0 Å². The zero-order chi connectivity index (χ0) is 34.7. The first-order valence-electron chi connectivity index (χ1n) is 13.1. The SMILES string of the molecule is Cc1cc(COc2ccccc2CC(=O)N2NCCC[C@@H]2C(=O)NO)c2ccccc2n1.O=C(O)C(F)(F)F.O=C(O)C(F)(F)F. The van der Waals surface area contributed by atoms with Crippen molar-refractivity contribution in [3.8, 4) is 5.75 Å². The molecule has 4 rings (SSSR count). The average molecular weight is 663 g/mol. The third kappa shape index (κ3) is 11.2. The van der Waals surface area contributed by atoms with Gasteiger partial charge < -0.3 is 14.9 Å². The van der Waals surface area contributed by atoms with Crippen LogP contribution in [0.5, 0.6) is 5.75 Å². The van der Waals surface area contributed by atoms with Gasteiger partial charge in [0.25, 0.3) is 5.91 Å². The van der Waals surface area contributed by atoms with Gasteiger partial charge in [0.1, 0.15) is 18.4 Å². The number of benzene rings is 2. The van der Waals surface area contributed by atoms with Crippen LogP contribution in [-0.2, 0) is 32.2 Å². The molecule has 1 aliphatic heterocycles. The summed E-state index contributed by atoms with van der Waals surface area (Å²) in [5.41, 5.74) is 8.19. The normalized spacial score (nSPS) is 14.6. The molecule has 0 aliphatic carbocycles. The van der Waals surface area contributed by atoms with Gasteiger partial charge in [-0.15, -0.1) is 0 Å². The van der Waals surface area contributed by atoms with Crippen LogP contribution in [0.2, 0.25) is 0 Å². The lowest BCUT2D eigenvalue weighted by atomic mass is 10.1. The highest BCUT2D eigenvalue weighted by Gasteiger charge is 2.39. The highest BCUT2D eigenvalue weighted by Crippen LogP contribution is 2.24. The summed E-state index contributed by atoms with van der Waals surface area (Å²) in [4.78, 5) is 47.3. The van der Waals surface area contributed by atoms with Crippen molar-refractivity contribution in [2.45, 2.75) is 51.2 Å². The zero-order valence-electron chi connectivity index (χ0n) is 23.9. The Kier molecular flexibility index (Phi) is 13.2. The first-order valence-corrected chi connectivity index (χ1v) is 13.1. The van der Waals surface area contributed by atoms with Crippen molar-refractivity contribution in [3.05, 3.63) is 71.4 Å². The number of hydrogen-bond acceptors (Lipinski definition) is 8. The van der Waals surface area contributed by atoms with Crippen molar-refractivity contribution in [2.24, 2.45) is 0 Å². The van der Waals surface area contributed by atoms with E-state index in [1.165, 1.54) is 5.01 Å². The molecule has 0 spiro atoms. The molecular formula is C28H28F6N4O8. The zero-order valence-corrected chi connectivity index (χ0v) is 23.9. The van der Waals surface area contributed by atoms with Gasteiger partial charge in [-0.2, -0.15) is 26.3 Å². The molecule has 46 heavy (non-hydrogen) atoms. The summed E-state index contributed by atoms with van der Waals surface area (Å²) in [7, 11) is 0. The van der Waals surface area contributed by atoms with Gasteiger partial charge in [-0.1, -0.05) is 36.4 Å². The molecule has 2 heterocycles. The number of carboxylic acids is 2. The smallest absolute Gasteiger partial charge is 0.489 e. The molecule has 3 aromatic rings. The van der Waals surface area contributed by atoms with E-state index in [2.05, 4.69) is 10.4 Å². The van der Waals surface area contributed by atoms with Crippen LogP contribution < -0.4 is 15.6 Å². The number of fused-ring (bicyclic) bond motifs is 1. The third-order valence-corrected chi connectivity index (χ3v) is 6.04. The van der Waals surface area contributed by atoms with E-state index in [0.717, 1.165) is 34.1 Å². The molecule has 5 N–H and O–H groups in total. The minimum Gasteiger partial charge on any atom is -0.489 e. The van der Waals surface area contributed by atoms with Crippen LogP contribution in [0.25, 0.3) is 10.9 Å². The van der Waals surface area contributed by atoms with Crippen molar-refractivity contribution in [1.29, 1.82) is 0 Å². The van der Waals surface area contributed by atoms with E-state index in [4.69, 9.17) is 29.7 Å². The number of carbonyl (C=O) groups is 4. The molecular weight excluding hydrogens is 634 g/mol. The fourth-order valence-electron chi connectivity index (χ4n) is 4.03. The number of nitrogens with one attached hydrogen (secondary N) is 2. The molecule has 2 amide bonds. The van der Waals surface area contributed by atoms with Crippen LogP contribution in [0.15, 0.2) is 54.6 Å². The molecule has 1 aliphatic rings. The van der Waals surface area contributed by atoms with E-state index >= 15 is 0 Å². The molecule has 12 nitrogen and oxygen atoms in total. The summed E-state index contributed by atoms with van der Waals surface area (Å²) in [5, 5.41) is 25.6. The van der Waals surface area contributed by atoms with E-state index in [0.29, 0.717) is 25.3 Å². The van der Waals surface area contributed by atoms with Gasteiger partial charge >= 0.3 is 24.3 Å². The standard InChI is InChI=1S/C24H26N4O4.2C2HF3O2/c1-16-13-18(19-8-3-4-9-20(19)26-16)15-32-22-11-5-2-7-17(22)14-23(29)28-21(24(30)27-31)10-6-12-25-28;2*3-2(4,5)1(6)7/h2-5,7-9,11,13,21,25,31H,6,10,12,14-15H2,1H3,(H,27,30);2*(H,6,7)/t21-;;/m1../s1. The maximum atomic E-state index is 13.0. The highest BCUT2D eigenvalue weighted by atomic mass is 19.4. The summed E-state index contributed by atoms with van der Waals surface area (Å²) in [6, 6.07) is 16.6. The number of hydrazine groups is 1. The molecule has 2 aromatic carbocycles. The second-order valence-corrected chi connectivity index (χ2v) is 9.42. The number of rotatable bonds is 6. The van der Waals surface area contributed by atoms with Gasteiger partial charge in [-0.3, -0.25) is 24.8 Å². The Balaban J connectivity index is 0.000000440. The number of para-hydroxylation sites is 2. The fraction of sp³-hybridized carbons (Fsp3) is 0.321. The Bertz CT molecular complexity index is 1510. The molecule has 0 radical (unpaired) electrons. The lowest BCUT2D eigenvalue weighted by molar-refractivity contribution is -0.193. The van der Waals surface area contributed by atoms with Gasteiger partial charge in [-0.25, -0.2) is 20.5 Å². The van der Waals surface area contributed by atoms with Crippen LogP contribution in [0, 0.1) is 6.92 Å². The maximum absolute atomic E-state index is 13.0. The summed E-state index contributed by atoms with van der Waals surface area (Å²) < 4.78 is 69.6. The summed E-state index contributed by atoms with van der Waals surface area (Å²) >= 11 is 0. The van der Waals surface area contributed by atoms with Gasteiger partial charge in [0.15, 0.2) is 0 Å². The topological polar surface area (TPSA) is 178 Å². The van der Waals surface area contributed by atoms with E-state index in [-0.39, 0.29) is 12.3 Å². The second-order valence-electron chi connectivity index (χ2n) is 9.42. The van der Waals surface area contributed by atoms with E-state index in [1.807, 2.05) is 61.5 Å². The molecule has 0 saturated carbocycles. The number of alkyl halides is 6. The maximum Gasteiger partial charge on any atom is 0.490 e. The Morgan fingerprint density at radius 3 is 2.11 bits per heavy atom. The number of ether oxygens (including phenoxy) is 1. The Morgan fingerprint density at radius 2 is 1.52 bits per heavy atom. The molecule has 1 atom stereocenters. The van der Waals surface area contributed by atoms with Gasteiger partial charge in [-0.05, 0) is 38.0 Å². The number of nitrogens with zero attached hydrogens (tertiary/aromatic N) is 2. The number of hydrogen-bond donors (Lipinski definition) is 5. The first-order chi connectivity index (χ1) is 21.4. The molecule has 0 unspecified atom stereocenters. The largest absolute Gasteiger partial charge is 0.490 e. The molecule has 1 saturated heterocycles. The summed E-state index contributed by atoms with van der Waals surface area (Å²) in [6.45, 7) is 2.88. The molecule has 250 valence electrons. The monoisotopic (exact) mass is 662 g/mol. The highest BCUT2D eigenvalue weighted by molar-refractivity contribution is 5.88. The molecule has 0 bridgehead atoms. The van der Waals surface area contributed by atoms with E-state index in [9.17, 15) is 35.9 Å². The quantitative estimate of drug-likeness (QED) is 0.148. The number of aryl methyl sites for hydroxylation is 1. The average Bonchev–Trinajstić information content (AvgIpc) is 2.99. The van der Waals surface area contributed by atoms with Crippen LogP contribution in [0.4, 0.5) is 26.3 Å². The Hall–Kier alpha value is -4.97. The van der Waals surface area contributed by atoms with Gasteiger partial charge in [0, 0.05) is 28.8 Å². The van der Waals surface area contributed by atoms with Gasteiger partial charge in [0.2, 0.25) is 5.91 Å². The number of amides is 2. The predicted molar refractivity (Wildman–Crippen MR) is 146 cm³/mol. The van der Waals surface area contributed by atoms with Crippen molar-refractivity contribution in [2.75, 3.05) is 6.54 Å². The van der Waals surface area contributed by atoms with Crippen molar-refractivity contribution in [3.63, 3.8) is 0 Å². The summed E-state index contributed by atoms with van der Waals surface area (Å²) in [5.74, 6) is -5.77. The first kappa shape index (κ1) is 37.2. The predicted octanol–water partition coefficient (Wildman–Crippen LogP) is 3.93. The lowest BCUT2D eigenvalue weighted by Crippen LogP contribution is -2.58. The second kappa shape index (κ2) is 16.4. The van der Waals surface area contributed by atoms with Crippen molar-refractivity contribution >= 4 is 34.7 Å². The van der Waals surface area contributed by atoms with Crippen LogP contribution in [0.1, 0.15) is 29.7 Å².